The van der Waals surface area contributed by atoms with Crippen molar-refractivity contribution >= 4 is 11.3 Å². The van der Waals surface area contributed by atoms with Gasteiger partial charge < -0.3 is 10.5 Å². The van der Waals surface area contributed by atoms with Crippen LogP contribution in [0.4, 0.5) is 10.1 Å². The van der Waals surface area contributed by atoms with Crippen molar-refractivity contribution < 1.29 is 14.1 Å². The molecular weight excluding hydrogens is 313 g/mol. The highest BCUT2D eigenvalue weighted by Gasteiger charge is 2.18. The normalized spacial score (nSPS) is 17.2. The SMILES string of the molecule is NC1CC=C(c2cnccc2Oc2ccc([N+](=O)[O-])cc2F)CC1. The molecule has 1 atom stereocenters. The number of nitrogens with zero attached hydrogens (tertiary/aromatic N) is 2. The smallest absolute Gasteiger partial charge is 0.272 e. The monoisotopic (exact) mass is 329 g/mol. The van der Waals surface area contributed by atoms with Crippen LogP contribution in [-0.2, 0) is 0 Å². The van der Waals surface area contributed by atoms with Gasteiger partial charge in [0.25, 0.3) is 5.69 Å². The minimum Gasteiger partial charge on any atom is -0.454 e. The number of aromatic nitrogens is 1. The molecule has 0 fully saturated rings. The Morgan fingerprint density at radius 3 is 2.83 bits per heavy atom. The Hall–Kier alpha value is -2.80. The maximum absolute atomic E-state index is 14.0. The van der Waals surface area contributed by atoms with Gasteiger partial charge in [-0.25, -0.2) is 4.39 Å². The number of pyridine rings is 1. The van der Waals surface area contributed by atoms with Crippen LogP contribution in [-0.4, -0.2) is 15.9 Å². The molecular formula is C17H16FN3O3. The van der Waals surface area contributed by atoms with Gasteiger partial charge in [-0.15, -0.1) is 0 Å². The van der Waals surface area contributed by atoms with E-state index in [1.807, 2.05) is 6.08 Å². The van der Waals surface area contributed by atoms with Crippen molar-refractivity contribution in [2.24, 2.45) is 5.73 Å². The van der Waals surface area contributed by atoms with E-state index in [-0.39, 0.29) is 17.5 Å². The van der Waals surface area contributed by atoms with Gasteiger partial charge in [0.1, 0.15) is 5.75 Å². The number of ether oxygens (including phenoxy) is 1. The van der Waals surface area contributed by atoms with E-state index in [1.54, 1.807) is 18.5 Å². The van der Waals surface area contributed by atoms with Crippen molar-refractivity contribution in [3.05, 3.63) is 64.2 Å². The standard InChI is InChI=1S/C17H16FN3O3/c18-15-9-13(21(22)23)5-6-17(15)24-16-7-8-20-10-14(16)11-1-3-12(19)4-2-11/h1,5-10,12H,2-4,19H2. The van der Waals surface area contributed by atoms with Crippen molar-refractivity contribution in [3.63, 3.8) is 0 Å². The second-order valence-electron chi connectivity index (χ2n) is 5.61. The lowest BCUT2D eigenvalue weighted by Crippen LogP contribution is -2.21. The second kappa shape index (κ2) is 6.76. The fourth-order valence-electron chi connectivity index (χ4n) is 2.62. The summed E-state index contributed by atoms with van der Waals surface area (Å²) in [4.78, 5) is 14.1. The first-order valence-electron chi connectivity index (χ1n) is 7.55. The fourth-order valence-corrected chi connectivity index (χ4v) is 2.62. The van der Waals surface area contributed by atoms with Crippen molar-refractivity contribution in [2.75, 3.05) is 0 Å². The Labute approximate surface area is 137 Å². The number of nitro benzene ring substituents is 1. The molecule has 3 rings (SSSR count). The molecule has 1 unspecified atom stereocenters. The Kier molecular flexibility index (Phi) is 4.52. The van der Waals surface area contributed by atoms with Gasteiger partial charge >= 0.3 is 0 Å². The van der Waals surface area contributed by atoms with Crippen molar-refractivity contribution in [3.8, 4) is 11.5 Å². The van der Waals surface area contributed by atoms with Crippen molar-refractivity contribution in [2.45, 2.75) is 25.3 Å². The van der Waals surface area contributed by atoms with Crippen LogP contribution >= 0.6 is 0 Å². The number of allylic oxidation sites excluding steroid dienone is 1. The molecule has 1 heterocycles. The zero-order valence-corrected chi connectivity index (χ0v) is 12.8. The van der Waals surface area contributed by atoms with E-state index < -0.39 is 10.7 Å². The number of hydrogen-bond donors (Lipinski definition) is 1. The first-order chi connectivity index (χ1) is 11.5. The molecule has 1 aromatic heterocycles. The van der Waals surface area contributed by atoms with E-state index >= 15 is 0 Å². The summed E-state index contributed by atoms with van der Waals surface area (Å²) in [7, 11) is 0. The van der Waals surface area contributed by atoms with Gasteiger partial charge in [0.05, 0.1) is 11.0 Å². The molecule has 0 amide bonds. The summed E-state index contributed by atoms with van der Waals surface area (Å²) in [5.41, 5.74) is 7.42. The number of rotatable bonds is 4. The van der Waals surface area contributed by atoms with Crippen LogP contribution in [0.25, 0.3) is 5.57 Å². The maximum atomic E-state index is 14.0. The van der Waals surface area contributed by atoms with Gasteiger partial charge in [0.15, 0.2) is 11.6 Å². The van der Waals surface area contributed by atoms with Gasteiger partial charge in [0.2, 0.25) is 0 Å². The topological polar surface area (TPSA) is 91.3 Å². The van der Waals surface area contributed by atoms with E-state index in [1.165, 1.54) is 12.1 Å². The molecule has 0 aliphatic heterocycles. The van der Waals surface area contributed by atoms with Crippen LogP contribution in [0.5, 0.6) is 11.5 Å². The molecule has 0 saturated carbocycles. The predicted octanol–water partition coefficient (Wildman–Crippen LogP) is 3.82. The lowest BCUT2D eigenvalue weighted by Gasteiger charge is -2.20. The number of hydrogen-bond acceptors (Lipinski definition) is 5. The van der Waals surface area contributed by atoms with Gasteiger partial charge in [-0.3, -0.25) is 15.1 Å². The van der Waals surface area contributed by atoms with Crippen LogP contribution in [0.15, 0.2) is 42.7 Å². The molecule has 24 heavy (non-hydrogen) atoms. The first kappa shape index (κ1) is 16.1. The lowest BCUT2D eigenvalue weighted by atomic mass is 9.91. The molecule has 0 saturated heterocycles. The Bertz CT molecular complexity index is 807. The first-order valence-corrected chi connectivity index (χ1v) is 7.55. The van der Waals surface area contributed by atoms with E-state index in [0.29, 0.717) is 5.75 Å². The molecule has 0 radical (unpaired) electrons. The Morgan fingerprint density at radius 2 is 2.17 bits per heavy atom. The average Bonchev–Trinajstić information content (AvgIpc) is 2.58. The summed E-state index contributed by atoms with van der Waals surface area (Å²) in [6, 6.07) is 5.10. The highest BCUT2D eigenvalue weighted by molar-refractivity contribution is 5.71. The predicted molar refractivity (Wildman–Crippen MR) is 87.2 cm³/mol. The highest BCUT2D eigenvalue weighted by atomic mass is 19.1. The quantitative estimate of drug-likeness (QED) is 0.680. The summed E-state index contributed by atoms with van der Waals surface area (Å²) in [5.74, 6) is -0.396. The average molecular weight is 329 g/mol. The van der Waals surface area contributed by atoms with Gasteiger partial charge in [0, 0.05) is 30.1 Å². The molecule has 2 N–H and O–H groups in total. The third kappa shape index (κ3) is 3.41. The molecule has 1 aliphatic rings. The lowest BCUT2D eigenvalue weighted by molar-refractivity contribution is -0.385. The van der Waals surface area contributed by atoms with E-state index in [9.17, 15) is 14.5 Å². The summed E-state index contributed by atoms with van der Waals surface area (Å²) >= 11 is 0. The third-order valence-corrected chi connectivity index (χ3v) is 3.92. The molecule has 124 valence electrons. The highest BCUT2D eigenvalue weighted by Crippen LogP contribution is 2.35. The van der Waals surface area contributed by atoms with Crippen molar-refractivity contribution in [1.82, 2.24) is 4.98 Å². The zero-order chi connectivity index (χ0) is 17.1. The molecule has 0 spiro atoms. The zero-order valence-electron chi connectivity index (χ0n) is 12.8. The Balaban J connectivity index is 1.90. The largest absolute Gasteiger partial charge is 0.454 e. The maximum Gasteiger partial charge on any atom is 0.272 e. The van der Waals surface area contributed by atoms with E-state index in [0.717, 1.165) is 36.5 Å². The number of nitro groups is 1. The molecule has 0 bridgehead atoms. The Morgan fingerprint density at radius 1 is 1.33 bits per heavy atom. The van der Waals surface area contributed by atoms with Gasteiger partial charge in [-0.1, -0.05) is 6.08 Å². The van der Waals surface area contributed by atoms with E-state index in [4.69, 9.17) is 10.5 Å². The molecule has 6 nitrogen and oxygen atoms in total. The minimum atomic E-state index is -0.786. The molecule has 7 heteroatoms. The van der Waals surface area contributed by atoms with Crippen LogP contribution in [0.1, 0.15) is 24.8 Å². The molecule has 2 aromatic rings. The van der Waals surface area contributed by atoms with Gasteiger partial charge in [-0.05, 0) is 37.0 Å². The third-order valence-electron chi connectivity index (χ3n) is 3.92. The summed E-state index contributed by atoms with van der Waals surface area (Å²) in [6.45, 7) is 0. The summed E-state index contributed by atoms with van der Waals surface area (Å²) in [6.07, 6.45) is 7.70. The second-order valence-corrected chi connectivity index (χ2v) is 5.61. The molecule has 1 aromatic carbocycles. The fraction of sp³-hybridized carbons (Fsp3) is 0.235. The van der Waals surface area contributed by atoms with E-state index in [2.05, 4.69) is 4.98 Å². The van der Waals surface area contributed by atoms with Crippen molar-refractivity contribution in [1.29, 1.82) is 0 Å². The number of benzene rings is 1. The number of halogens is 1. The van der Waals surface area contributed by atoms with Crippen LogP contribution in [0.3, 0.4) is 0 Å². The number of nitrogens with two attached hydrogens (primary N) is 1. The van der Waals surface area contributed by atoms with Crippen LogP contribution in [0.2, 0.25) is 0 Å². The van der Waals surface area contributed by atoms with Crippen LogP contribution < -0.4 is 10.5 Å². The minimum absolute atomic E-state index is 0.0684. The van der Waals surface area contributed by atoms with Gasteiger partial charge in [-0.2, -0.15) is 0 Å². The number of non-ortho nitro benzene ring substituents is 1. The molecule has 1 aliphatic carbocycles. The summed E-state index contributed by atoms with van der Waals surface area (Å²) < 4.78 is 19.7. The summed E-state index contributed by atoms with van der Waals surface area (Å²) in [5, 5.41) is 10.7. The van der Waals surface area contributed by atoms with Crippen LogP contribution in [0, 0.1) is 15.9 Å².